The number of amides is 3. The molecule has 0 radical (unpaired) electrons. The lowest BCUT2D eigenvalue weighted by atomic mass is 10.1. The molecule has 2 aliphatic heterocycles. The Morgan fingerprint density at radius 3 is 2.35 bits per heavy atom. The van der Waals surface area contributed by atoms with Crippen molar-refractivity contribution < 1.29 is 19.1 Å². The molecule has 8 heteroatoms. The van der Waals surface area contributed by atoms with E-state index < -0.39 is 0 Å². The van der Waals surface area contributed by atoms with E-state index in [0.29, 0.717) is 23.6 Å². The molecule has 2 heterocycles. The van der Waals surface area contributed by atoms with Gasteiger partial charge in [-0.3, -0.25) is 19.3 Å². The van der Waals surface area contributed by atoms with Gasteiger partial charge >= 0.3 is 0 Å². The van der Waals surface area contributed by atoms with E-state index >= 15 is 0 Å². The molecule has 188 valence electrons. The van der Waals surface area contributed by atoms with Gasteiger partial charge in [0.1, 0.15) is 5.75 Å². The van der Waals surface area contributed by atoms with Gasteiger partial charge < -0.3 is 14.5 Å². The highest BCUT2D eigenvalue weighted by molar-refractivity contribution is 8.18. The minimum absolute atomic E-state index is 0.0139. The van der Waals surface area contributed by atoms with Crippen molar-refractivity contribution in [2.75, 3.05) is 38.2 Å². The first kappa shape index (κ1) is 24.6. The number of nitrogens with zero attached hydrogens (tertiary/aromatic N) is 3. The predicted octanol–water partition coefficient (Wildman–Crippen LogP) is 4.89. The number of carbonyl (C=O) groups is 3. The van der Waals surface area contributed by atoms with Crippen LogP contribution in [0, 0.1) is 0 Å². The molecule has 0 saturated carbocycles. The highest BCUT2D eigenvalue weighted by Gasteiger charge is 2.35. The third-order valence-corrected chi connectivity index (χ3v) is 7.41. The van der Waals surface area contributed by atoms with Crippen molar-refractivity contribution in [2.45, 2.75) is 6.54 Å². The maximum atomic E-state index is 13.1. The Labute approximate surface area is 220 Å². The molecule has 37 heavy (non-hydrogen) atoms. The lowest BCUT2D eigenvalue weighted by Gasteiger charge is -2.36. The third-order valence-electron chi connectivity index (χ3n) is 6.50. The number of benzene rings is 3. The maximum Gasteiger partial charge on any atom is 0.293 e. The Balaban J connectivity index is 1.20. The topological polar surface area (TPSA) is 70.2 Å². The van der Waals surface area contributed by atoms with Crippen molar-refractivity contribution in [1.29, 1.82) is 0 Å². The van der Waals surface area contributed by atoms with Crippen LogP contribution >= 0.6 is 11.8 Å². The predicted molar refractivity (Wildman–Crippen MR) is 146 cm³/mol. The fourth-order valence-corrected chi connectivity index (χ4v) is 5.27. The molecule has 0 aliphatic carbocycles. The van der Waals surface area contributed by atoms with Crippen molar-refractivity contribution in [3.8, 4) is 5.75 Å². The molecule has 7 nitrogen and oxygen atoms in total. The SMILES string of the molecule is COc1cccc(N2CCN(C(=O)c3ccc(/C=C4\SC(=O)N(Cc5ccccc5)C4=O)cc3)CC2)c1. The van der Waals surface area contributed by atoms with E-state index in [1.54, 1.807) is 25.3 Å². The molecular weight excluding hydrogens is 486 g/mol. The summed E-state index contributed by atoms with van der Waals surface area (Å²) in [6.07, 6.45) is 1.71. The van der Waals surface area contributed by atoms with Crippen molar-refractivity contribution in [3.63, 3.8) is 0 Å². The van der Waals surface area contributed by atoms with E-state index in [1.807, 2.05) is 65.6 Å². The quantitative estimate of drug-likeness (QED) is 0.437. The van der Waals surface area contributed by atoms with Crippen molar-refractivity contribution >= 4 is 40.6 Å². The number of methoxy groups -OCH3 is 1. The highest BCUT2D eigenvalue weighted by Crippen LogP contribution is 2.33. The van der Waals surface area contributed by atoms with Crippen LogP contribution in [0.3, 0.4) is 0 Å². The Hall–Kier alpha value is -4.04. The van der Waals surface area contributed by atoms with Gasteiger partial charge in [0.25, 0.3) is 17.1 Å². The average molecular weight is 514 g/mol. The van der Waals surface area contributed by atoms with E-state index in [0.717, 1.165) is 47.4 Å². The number of thioether (sulfide) groups is 1. The molecule has 0 atom stereocenters. The summed E-state index contributed by atoms with van der Waals surface area (Å²) < 4.78 is 5.32. The molecule has 3 aromatic carbocycles. The zero-order valence-electron chi connectivity index (χ0n) is 20.5. The molecular formula is C29H27N3O4S. The maximum absolute atomic E-state index is 13.1. The minimum atomic E-state index is -0.298. The van der Waals surface area contributed by atoms with Crippen LogP contribution in [0.5, 0.6) is 5.75 Å². The second kappa shape index (κ2) is 10.9. The molecule has 2 aliphatic rings. The number of ether oxygens (including phenoxy) is 1. The third kappa shape index (κ3) is 5.54. The fourth-order valence-electron chi connectivity index (χ4n) is 4.43. The Morgan fingerprint density at radius 1 is 0.919 bits per heavy atom. The van der Waals surface area contributed by atoms with E-state index in [4.69, 9.17) is 4.74 Å². The lowest BCUT2D eigenvalue weighted by Crippen LogP contribution is -2.48. The van der Waals surface area contributed by atoms with Crippen LogP contribution in [0.25, 0.3) is 6.08 Å². The van der Waals surface area contributed by atoms with Crippen molar-refractivity contribution in [1.82, 2.24) is 9.80 Å². The standard InChI is InChI=1S/C29H27N3O4S/c1-36-25-9-5-8-24(19-25)30-14-16-31(17-15-30)27(33)23-12-10-21(11-13-23)18-26-28(34)32(29(35)37-26)20-22-6-3-2-4-7-22/h2-13,18-19H,14-17,20H2,1H3/b26-18-. The summed E-state index contributed by atoms with van der Waals surface area (Å²) in [6.45, 7) is 3.01. The average Bonchev–Trinajstić information content (AvgIpc) is 3.21. The molecule has 2 fully saturated rings. The van der Waals surface area contributed by atoms with Gasteiger partial charge in [-0.05, 0) is 53.2 Å². The van der Waals surface area contributed by atoms with Gasteiger partial charge in [0.05, 0.1) is 18.6 Å². The summed E-state index contributed by atoms with van der Waals surface area (Å²) in [5.41, 5.74) is 3.36. The van der Waals surface area contributed by atoms with Crippen LogP contribution in [-0.2, 0) is 11.3 Å². The van der Waals surface area contributed by atoms with E-state index in [-0.39, 0.29) is 23.6 Å². The molecule has 3 aromatic rings. The molecule has 0 spiro atoms. The van der Waals surface area contributed by atoms with Gasteiger partial charge in [-0.2, -0.15) is 0 Å². The first-order valence-corrected chi connectivity index (χ1v) is 12.9. The fraction of sp³-hybridized carbons (Fsp3) is 0.207. The van der Waals surface area contributed by atoms with Crippen LogP contribution in [0.1, 0.15) is 21.5 Å². The van der Waals surface area contributed by atoms with E-state index in [2.05, 4.69) is 11.0 Å². The summed E-state index contributed by atoms with van der Waals surface area (Å²) in [5, 5.41) is -0.278. The Morgan fingerprint density at radius 2 is 1.65 bits per heavy atom. The summed E-state index contributed by atoms with van der Waals surface area (Å²) in [7, 11) is 1.65. The molecule has 0 bridgehead atoms. The first-order chi connectivity index (χ1) is 18.0. The highest BCUT2D eigenvalue weighted by atomic mass is 32.2. The van der Waals surface area contributed by atoms with Gasteiger partial charge in [0.2, 0.25) is 0 Å². The monoisotopic (exact) mass is 513 g/mol. The molecule has 2 saturated heterocycles. The Kier molecular flexibility index (Phi) is 7.28. The smallest absolute Gasteiger partial charge is 0.293 e. The van der Waals surface area contributed by atoms with Crippen LogP contribution in [0.15, 0.2) is 83.8 Å². The largest absolute Gasteiger partial charge is 0.497 e. The number of piperazine rings is 1. The Bertz CT molecular complexity index is 1330. The number of imide groups is 1. The van der Waals surface area contributed by atoms with Gasteiger partial charge in [0.15, 0.2) is 0 Å². The number of hydrogen-bond donors (Lipinski definition) is 0. The van der Waals surface area contributed by atoms with Gasteiger partial charge in [-0.25, -0.2) is 0 Å². The summed E-state index contributed by atoms with van der Waals surface area (Å²) in [4.78, 5) is 44.1. The molecule has 5 rings (SSSR count). The number of rotatable bonds is 6. The number of anilines is 1. The minimum Gasteiger partial charge on any atom is -0.497 e. The summed E-state index contributed by atoms with van der Waals surface area (Å²) >= 11 is 0.941. The normalized spacial score (nSPS) is 17.0. The second-order valence-electron chi connectivity index (χ2n) is 8.86. The van der Waals surface area contributed by atoms with E-state index in [1.165, 1.54) is 4.90 Å². The zero-order chi connectivity index (χ0) is 25.8. The van der Waals surface area contributed by atoms with Gasteiger partial charge in [-0.15, -0.1) is 0 Å². The summed E-state index contributed by atoms with van der Waals surface area (Å²) in [5.74, 6) is 0.505. The van der Waals surface area contributed by atoms with E-state index in [9.17, 15) is 14.4 Å². The van der Waals surface area contributed by atoms with Gasteiger partial charge in [-0.1, -0.05) is 48.5 Å². The van der Waals surface area contributed by atoms with Crippen LogP contribution < -0.4 is 9.64 Å². The van der Waals surface area contributed by atoms with Crippen LogP contribution in [-0.4, -0.2) is 60.1 Å². The summed E-state index contributed by atoms with van der Waals surface area (Å²) in [6, 6.07) is 24.6. The van der Waals surface area contributed by atoms with Crippen LogP contribution in [0.4, 0.5) is 10.5 Å². The zero-order valence-corrected chi connectivity index (χ0v) is 21.3. The molecule has 0 unspecified atom stereocenters. The van der Waals surface area contributed by atoms with Crippen molar-refractivity contribution in [2.24, 2.45) is 0 Å². The first-order valence-electron chi connectivity index (χ1n) is 12.1. The molecule has 0 aromatic heterocycles. The number of hydrogen-bond acceptors (Lipinski definition) is 6. The van der Waals surface area contributed by atoms with Crippen molar-refractivity contribution in [3.05, 3.63) is 100 Å². The lowest BCUT2D eigenvalue weighted by molar-refractivity contribution is -0.123. The number of carbonyl (C=O) groups excluding carboxylic acids is 3. The van der Waals surface area contributed by atoms with Crippen LogP contribution in [0.2, 0.25) is 0 Å². The second-order valence-corrected chi connectivity index (χ2v) is 9.85. The van der Waals surface area contributed by atoms with Gasteiger partial charge in [0, 0.05) is 43.5 Å². The molecule has 3 amide bonds. The molecule has 0 N–H and O–H groups in total.